The average molecular weight is 582 g/mol. The minimum atomic E-state index is -1.23. The molecule has 0 radical (unpaired) electrons. The summed E-state index contributed by atoms with van der Waals surface area (Å²) in [6.07, 6.45) is 1.96. The molecule has 0 fully saturated rings. The Morgan fingerprint density at radius 3 is 2.42 bits per heavy atom. The summed E-state index contributed by atoms with van der Waals surface area (Å²) >= 11 is 12.4. The predicted octanol–water partition coefficient (Wildman–Crippen LogP) is 4.08. The number of carbonyl (C=O) groups excluding carboxylic acids is 2. The highest BCUT2D eigenvalue weighted by atomic mass is 35.5. The fraction of sp³-hybridized carbons (Fsp3) is 0.276. The molecule has 2 aromatic heterocycles. The van der Waals surface area contributed by atoms with Crippen molar-refractivity contribution < 1.29 is 9.59 Å². The van der Waals surface area contributed by atoms with E-state index < -0.39 is 11.9 Å². The van der Waals surface area contributed by atoms with Gasteiger partial charge in [0.2, 0.25) is 0 Å². The monoisotopic (exact) mass is 580 g/mol. The van der Waals surface area contributed by atoms with Gasteiger partial charge >= 0.3 is 0 Å². The molecule has 0 aliphatic rings. The van der Waals surface area contributed by atoms with E-state index in [1.165, 1.54) is 20.6 Å². The van der Waals surface area contributed by atoms with Gasteiger partial charge in [0.25, 0.3) is 17.4 Å². The molecule has 0 bridgehead atoms. The van der Waals surface area contributed by atoms with Gasteiger partial charge in [-0.3, -0.25) is 19.0 Å². The Morgan fingerprint density at radius 2 is 1.77 bits per heavy atom. The van der Waals surface area contributed by atoms with Crippen molar-refractivity contribution in [3.8, 4) is 0 Å². The lowest BCUT2D eigenvalue weighted by atomic mass is 10.1. The second-order valence-corrected chi connectivity index (χ2v) is 10.5. The molecule has 9 nitrogen and oxygen atoms in total. The third kappa shape index (κ3) is 6.33. The van der Waals surface area contributed by atoms with E-state index in [1.54, 1.807) is 56.6 Å². The van der Waals surface area contributed by atoms with Crippen LogP contribution in [0.5, 0.6) is 0 Å². The SMILES string of the molecule is Cc1ccc(C(=O)N(CCCN)C(C(=O)N(C)C)c2nc3cc(Cl)ccc3c(=O)n2Cc2ccnc(Cl)c2)cc1. The normalized spacial score (nSPS) is 11.8. The largest absolute Gasteiger partial charge is 0.347 e. The van der Waals surface area contributed by atoms with Crippen LogP contribution in [0.4, 0.5) is 0 Å². The number of hydrogen-bond acceptors (Lipinski definition) is 6. The Labute approximate surface area is 242 Å². The molecule has 1 atom stereocenters. The second-order valence-electron chi connectivity index (χ2n) is 9.65. The highest BCUT2D eigenvalue weighted by Gasteiger charge is 2.36. The van der Waals surface area contributed by atoms with Crippen molar-refractivity contribution in [2.45, 2.75) is 25.9 Å². The van der Waals surface area contributed by atoms with Crippen molar-refractivity contribution >= 4 is 45.9 Å². The molecule has 1 unspecified atom stereocenters. The molecule has 2 heterocycles. The molecule has 4 aromatic rings. The maximum Gasteiger partial charge on any atom is 0.261 e. The van der Waals surface area contributed by atoms with Gasteiger partial charge in [0.05, 0.1) is 17.4 Å². The lowest BCUT2D eigenvalue weighted by Crippen LogP contribution is -2.47. The third-order valence-electron chi connectivity index (χ3n) is 6.47. The van der Waals surface area contributed by atoms with Crippen molar-refractivity contribution in [1.82, 2.24) is 24.3 Å². The fourth-order valence-electron chi connectivity index (χ4n) is 4.40. The molecular formula is C29H30Cl2N6O3. The first-order chi connectivity index (χ1) is 19.1. The number of halogens is 2. The van der Waals surface area contributed by atoms with Crippen LogP contribution in [0.3, 0.4) is 0 Å². The summed E-state index contributed by atoms with van der Waals surface area (Å²) in [6.45, 7) is 2.43. The van der Waals surface area contributed by atoms with E-state index in [9.17, 15) is 14.4 Å². The van der Waals surface area contributed by atoms with Crippen molar-refractivity contribution in [1.29, 1.82) is 0 Å². The minimum Gasteiger partial charge on any atom is -0.347 e. The first kappa shape index (κ1) is 29.2. The summed E-state index contributed by atoms with van der Waals surface area (Å²) < 4.78 is 1.41. The molecule has 208 valence electrons. The van der Waals surface area contributed by atoms with E-state index in [0.717, 1.165) is 5.56 Å². The number of carbonyl (C=O) groups is 2. The number of amides is 2. The van der Waals surface area contributed by atoms with Gasteiger partial charge in [-0.25, -0.2) is 9.97 Å². The zero-order valence-electron chi connectivity index (χ0n) is 22.5. The summed E-state index contributed by atoms with van der Waals surface area (Å²) in [5.41, 5.74) is 7.83. The number of aromatic nitrogens is 3. The zero-order chi connectivity index (χ0) is 29.0. The number of hydrogen-bond donors (Lipinski definition) is 1. The summed E-state index contributed by atoms with van der Waals surface area (Å²) in [4.78, 5) is 53.4. The van der Waals surface area contributed by atoms with E-state index in [1.807, 2.05) is 19.1 Å². The Kier molecular flexibility index (Phi) is 9.19. The molecular weight excluding hydrogens is 551 g/mol. The van der Waals surface area contributed by atoms with Crippen LogP contribution in [-0.2, 0) is 11.3 Å². The highest BCUT2D eigenvalue weighted by molar-refractivity contribution is 6.31. The standard InChI is InChI=1S/C29H30Cl2N6O3/c1-18-5-7-20(8-6-18)27(38)36(14-4-12-32)25(29(40)35(2)3)26-34-23-16-21(30)9-10-22(23)28(39)37(26)17-19-11-13-33-24(31)15-19/h5-11,13,15-16,25H,4,12,14,17,32H2,1-3H3. The third-order valence-corrected chi connectivity index (χ3v) is 6.91. The second kappa shape index (κ2) is 12.6. The number of pyridine rings is 1. The van der Waals surface area contributed by atoms with Crippen molar-refractivity contribution in [3.63, 3.8) is 0 Å². The minimum absolute atomic E-state index is 0.0443. The summed E-state index contributed by atoms with van der Waals surface area (Å²) in [6, 6.07) is 14.0. The van der Waals surface area contributed by atoms with Crippen LogP contribution in [0.25, 0.3) is 10.9 Å². The van der Waals surface area contributed by atoms with Crippen molar-refractivity contribution in [2.75, 3.05) is 27.2 Å². The Morgan fingerprint density at radius 1 is 1.05 bits per heavy atom. The number of aryl methyl sites for hydroxylation is 1. The maximum absolute atomic E-state index is 14.0. The molecule has 0 saturated carbocycles. The highest BCUT2D eigenvalue weighted by Crippen LogP contribution is 2.27. The number of nitrogens with two attached hydrogens (primary N) is 1. The Bertz CT molecular complexity index is 1600. The molecule has 2 aromatic carbocycles. The molecule has 0 aliphatic heterocycles. The summed E-state index contributed by atoms with van der Waals surface area (Å²) in [7, 11) is 3.19. The van der Waals surface area contributed by atoms with Crippen LogP contribution < -0.4 is 11.3 Å². The summed E-state index contributed by atoms with van der Waals surface area (Å²) in [5, 5.41) is 0.964. The molecule has 11 heteroatoms. The van der Waals surface area contributed by atoms with Gasteiger partial charge in [-0.15, -0.1) is 0 Å². The predicted molar refractivity (Wildman–Crippen MR) is 157 cm³/mol. The molecule has 4 rings (SSSR count). The maximum atomic E-state index is 14.0. The smallest absolute Gasteiger partial charge is 0.261 e. The quantitative estimate of drug-likeness (QED) is 0.298. The lowest BCUT2D eigenvalue weighted by molar-refractivity contribution is -0.134. The van der Waals surface area contributed by atoms with Crippen molar-refractivity contribution in [3.05, 3.63) is 104 Å². The van der Waals surface area contributed by atoms with Gasteiger partial charge in [0.15, 0.2) is 6.04 Å². The van der Waals surface area contributed by atoms with Crippen LogP contribution in [0, 0.1) is 6.92 Å². The van der Waals surface area contributed by atoms with Gasteiger partial charge in [-0.1, -0.05) is 40.9 Å². The van der Waals surface area contributed by atoms with Gasteiger partial charge in [0.1, 0.15) is 11.0 Å². The van der Waals surface area contributed by atoms with Crippen LogP contribution in [0.2, 0.25) is 10.2 Å². The molecule has 2 N–H and O–H groups in total. The van der Waals surface area contributed by atoms with Crippen LogP contribution in [0.1, 0.15) is 39.8 Å². The number of likely N-dealkylation sites (N-methyl/N-ethyl adjacent to an activating group) is 1. The average Bonchev–Trinajstić information content (AvgIpc) is 2.92. The topological polar surface area (TPSA) is 114 Å². The number of benzene rings is 2. The van der Waals surface area contributed by atoms with Crippen molar-refractivity contribution in [2.24, 2.45) is 5.73 Å². The molecule has 0 aliphatic carbocycles. The van der Waals surface area contributed by atoms with Gasteiger partial charge in [0, 0.05) is 37.4 Å². The molecule has 0 spiro atoms. The van der Waals surface area contributed by atoms with Gasteiger partial charge in [-0.05, 0) is 67.9 Å². The molecule has 2 amide bonds. The van der Waals surface area contributed by atoms with E-state index in [2.05, 4.69) is 4.98 Å². The van der Waals surface area contributed by atoms with E-state index >= 15 is 0 Å². The van der Waals surface area contributed by atoms with Crippen LogP contribution in [-0.4, -0.2) is 63.3 Å². The summed E-state index contributed by atoms with van der Waals surface area (Å²) in [5.74, 6) is -0.705. The van der Waals surface area contributed by atoms with Crippen LogP contribution >= 0.6 is 23.2 Å². The van der Waals surface area contributed by atoms with Gasteiger partial charge in [-0.2, -0.15) is 0 Å². The number of rotatable bonds is 9. The van der Waals surface area contributed by atoms with Crippen LogP contribution in [0.15, 0.2) is 65.6 Å². The first-order valence-electron chi connectivity index (χ1n) is 12.7. The number of fused-ring (bicyclic) bond motifs is 1. The first-order valence-corrected chi connectivity index (χ1v) is 13.5. The molecule has 0 saturated heterocycles. The Hall–Kier alpha value is -3.79. The lowest BCUT2D eigenvalue weighted by Gasteiger charge is -2.33. The Balaban J connectivity index is 2.00. The fourth-order valence-corrected chi connectivity index (χ4v) is 4.76. The number of nitrogens with zero attached hydrogens (tertiary/aromatic N) is 5. The van der Waals surface area contributed by atoms with E-state index in [0.29, 0.717) is 40.0 Å². The van der Waals surface area contributed by atoms with Gasteiger partial charge < -0.3 is 15.5 Å². The van der Waals surface area contributed by atoms with E-state index in [4.69, 9.17) is 33.9 Å². The molecule has 40 heavy (non-hydrogen) atoms. The zero-order valence-corrected chi connectivity index (χ0v) is 24.0. The van der Waals surface area contributed by atoms with E-state index in [-0.39, 0.29) is 35.5 Å².